The summed E-state index contributed by atoms with van der Waals surface area (Å²) in [6.07, 6.45) is 1.20. The first-order chi connectivity index (χ1) is 21.1. The van der Waals surface area contributed by atoms with Crippen LogP contribution in [0.15, 0.2) is 61.1 Å². The maximum atomic E-state index is 13.9. The van der Waals surface area contributed by atoms with Gasteiger partial charge in [-0.05, 0) is 55.7 Å². The fourth-order valence-electron chi connectivity index (χ4n) is 3.96. The first-order valence-electron chi connectivity index (χ1n) is 14.0. The van der Waals surface area contributed by atoms with Crippen LogP contribution < -0.4 is 16.0 Å². The number of alkyl halides is 3. The molecule has 0 radical (unpaired) electrons. The second-order valence-electron chi connectivity index (χ2n) is 9.30. The molecule has 1 unspecified atom stereocenters. The van der Waals surface area contributed by atoms with Crippen molar-refractivity contribution < 1.29 is 27.6 Å². The monoisotopic (exact) mass is 631 g/mol. The second kappa shape index (κ2) is 16.7. The molecule has 4 aromatic rings. The lowest BCUT2D eigenvalue weighted by Crippen LogP contribution is -2.20. The van der Waals surface area contributed by atoms with Crippen molar-refractivity contribution >= 4 is 37.9 Å². The molecule has 2 aromatic heterocycles. The van der Waals surface area contributed by atoms with Crippen molar-refractivity contribution in [3.63, 3.8) is 0 Å². The average molecular weight is 632 g/mol. The predicted molar refractivity (Wildman–Crippen MR) is 168 cm³/mol. The number of amides is 1. The van der Waals surface area contributed by atoms with E-state index in [1.165, 1.54) is 7.05 Å². The molecule has 0 saturated carbocycles. The molecule has 2 heterocycles. The molecular weight excluding hydrogens is 594 g/mol. The van der Waals surface area contributed by atoms with Gasteiger partial charge in [0.05, 0.1) is 17.4 Å². The Labute approximate surface area is 256 Å². The van der Waals surface area contributed by atoms with E-state index in [0.29, 0.717) is 32.9 Å². The fraction of sp³-hybridized carbons (Fsp3) is 0.333. The Kier molecular flexibility index (Phi) is 13.1. The number of hydrogen-bond donors (Lipinski definition) is 4. The van der Waals surface area contributed by atoms with Crippen molar-refractivity contribution in [2.75, 3.05) is 30.9 Å². The summed E-state index contributed by atoms with van der Waals surface area (Å²) in [6.45, 7) is 7.30. The van der Waals surface area contributed by atoms with E-state index in [0.717, 1.165) is 30.3 Å². The summed E-state index contributed by atoms with van der Waals surface area (Å²) >= 11 is 0. The topological polar surface area (TPSA) is 126 Å². The standard InChI is InChI=1S/C28H31F3N7O2P.C2H6O/c1-4-12-38-16-20(14-34-38)19-8-11-24(22(13-19)26(39)32-3)36-25-23(28(29,30)31)15-33-27(37-25)35-21-9-6-18(7-10-21)17-41-40-5-2;1-2-3/h6-11,13-16,41H,4-5,12,17H2,1-3H3,(H,32,39)(H2,33,35,36,37);3H,2H2,1H3. The SMILES string of the molecule is CCCn1cc(-c2ccc(Nc3nc(Nc4ccc(CPOCC)cc4)ncc3C(F)(F)F)c(C(=O)NC)c2)cn1.CCO. The Bertz CT molecular complexity index is 1500. The molecule has 0 bridgehead atoms. The fourth-order valence-corrected chi connectivity index (χ4v) is 4.67. The van der Waals surface area contributed by atoms with Crippen LogP contribution in [0.1, 0.15) is 48.7 Å². The number of aliphatic hydroxyl groups is 1. The van der Waals surface area contributed by atoms with E-state index in [2.05, 4.69) is 31.0 Å². The van der Waals surface area contributed by atoms with Crippen LogP contribution in [0.2, 0.25) is 0 Å². The normalized spacial score (nSPS) is 11.3. The van der Waals surface area contributed by atoms with Gasteiger partial charge < -0.3 is 25.6 Å². The Hall–Kier alpha value is -4.06. The summed E-state index contributed by atoms with van der Waals surface area (Å²) in [5, 5.41) is 20.1. The van der Waals surface area contributed by atoms with Gasteiger partial charge in [0.1, 0.15) is 11.4 Å². The van der Waals surface area contributed by atoms with Gasteiger partial charge in [-0.3, -0.25) is 9.48 Å². The molecule has 0 aliphatic carbocycles. The van der Waals surface area contributed by atoms with E-state index in [4.69, 9.17) is 9.63 Å². The summed E-state index contributed by atoms with van der Waals surface area (Å²) < 4.78 is 48.9. The van der Waals surface area contributed by atoms with Gasteiger partial charge in [-0.25, -0.2) is 4.98 Å². The molecule has 0 aliphatic heterocycles. The number of carbonyl (C=O) groups is 1. The van der Waals surface area contributed by atoms with Gasteiger partial charge in [0.25, 0.3) is 5.91 Å². The lowest BCUT2D eigenvalue weighted by Gasteiger charge is -2.17. The highest BCUT2D eigenvalue weighted by atomic mass is 31.1. The van der Waals surface area contributed by atoms with Crippen molar-refractivity contribution in [3.8, 4) is 11.1 Å². The smallest absolute Gasteiger partial charge is 0.397 e. The highest BCUT2D eigenvalue weighted by Gasteiger charge is 2.35. The third-order valence-corrected chi connectivity index (χ3v) is 7.04. The average Bonchev–Trinajstić information content (AvgIpc) is 3.47. The summed E-state index contributed by atoms with van der Waals surface area (Å²) in [6, 6.07) is 12.3. The number of carbonyl (C=O) groups excluding carboxylic acids is 1. The van der Waals surface area contributed by atoms with E-state index in [-0.39, 0.29) is 23.8 Å². The molecule has 2 aromatic carbocycles. The zero-order valence-electron chi connectivity index (χ0n) is 25.0. The molecule has 0 aliphatic rings. The Morgan fingerprint density at radius 3 is 2.41 bits per heavy atom. The number of benzene rings is 2. The van der Waals surface area contributed by atoms with Crippen molar-refractivity contribution in [1.29, 1.82) is 0 Å². The minimum atomic E-state index is -4.73. The maximum Gasteiger partial charge on any atom is 0.421 e. The van der Waals surface area contributed by atoms with Crippen molar-refractivity contribution in [2.45, 2.75) is 46.1 Å². The van der Waals surface area contributed by atoms with Crippen LogP contribution in [0, 0.1) is 0 Å². The highest BCUT2D eigenvalue weighted by molar-refractivity contribution is 7.31. The van der Waals surface area contributed by atoms with Gasteiger partial charge in [0.2, 0.25) is 5.95 Å². The molecule has 0 fully saturated rings. The second-order valence-corrected chi connectivity index (χ2v) is 10.2. The molecule has 0 spiro atoms. The molecule has 0 saturated heterocycles. The van der Waals surface area contributed by atoms with Crippen molar-refractivity contribution in [2.24, 2.45) is 0 Å². The van der Waals surface area contributed by atoms with Gasteiger partial charge in [-0.1, -0.05) is 25.1 Å². The largest absolute Gasteiger partial charge is 0.421 e. The Balaban J connectivity index is 0.00000169. The van der Waals surface area contributed by atoms with Crippen LogP contribution in [0.25, 0.3) is 11.1 Å². The van der Waals surface area contributed by atoms with Gasteiger partial charge in [-0.15, -0.1) is 0 Å². The minimum absolute atomic E-state index is 0.0362. The van der Waals surface area contributed by atoms with Crippen LogP contribution in [0.3, 0.4) is 0 Å². The molecule has 14 heteroatoms. The summed E-state index contributed by atoms with van der Waals surface area (Å²) in [5.41, 5.74) is 2.40. The van der Waals surface area contributed by atoms with Crippen molar-refractivity contribution in [3.05, 3.63) is 77.7 Å². The van der Waals surface area contributed by atoms with E-state index in [9.17, 15) is 18.0 Å². The van der Waals surface area contributed by atoms with Gasteiger partial charge in [0, 0.05) is 65.4 Å². The predicted octanol–water partition coefficient (Wildman–Crippen LogP) is 6.74. The van der Waals surface area contributed by atoms with E-state index in [1.807, 2.05) is 32.2 Å². The maximum absolute atomic E-state index is 13.9. The van der Waals surface area contributed by atoms with E-state index >= 15 is 0 Å². The number of rotatable bonds is 12. The highest BCUT2D eigenvalue weighted by Crippen LogP contribution is 2.36. The lowest BCUT2D eigenvalue weighted by atomic mass is 10.0. The summed E-state index contributed by atoms with van der Waals surface area (Å²) in [7, 11) is 1.81. The molecule has 1 amide bonds. The quantitative estimate of drug-likeness (QED) is 0.100. The first-order valence-corrected chi connectivity index (χ1v) is 15.2. The van der Waals surface area contributed by atoms with E-state index in [1.54, 1.807) is 48.1 Å². The minimum Gasteiger partial charge on any atom is -0.397 e. The zero-order valence-corrected chi connectivity index (χ0v) is 26.0. The van der Waals surface area contributed by atoms with Crippen LogP contribution in [0.4, 0.5) is 36.3 Å². The number of hydrogen-bond acceptors (Lipinski definition) is 8. The number of nitrogens with one attached hydrogen (secondary N) is 3. The molecule has 1 atom stereocenters. The number of aromatic nitrogens is 4. The Morgan fingerprint density at radius 2 is 1.77 bits per heavy atom. The van der Waals surface area contributed by atoms with Gasteiger partial charge in [0.15, 0.2) is 0 Å². The third-order valence-electron chi connectivity index (χ3n) is 5.99. The Morgan fingerprint density at radius 1 is 1.05 bits per heavy atom. The van der Waals surface area contributed by atoms with Crippen LogP contribution in [-0.4, -0.2) is 51.0 Å². The zero-order chi connectivity index (χ0) is 32.1. The number of aliphatic hydroxyl groups excluding tert-OH is 1. The van der Waals surface area contributed by atoms with Crippen LogP contribution >= 0.6 is 8.81 Å². The lowest BCUT2D eigenvalue weighted by molar-refractivity contribution is -0.137. The molecule has 236 valence electrons. The van der Waals surface area contributed by atoms with Gasteiger partial charge >= 0.3 is 6.18 Å². The first kappa shape index (κ1) is 34.4. The molecule has 4 rings (SSSR count). The van der Waals surface area contributed by atoms with E-state index < -0.39 is 23.5 Å². The van der Waals surface area contributed by atoms with Crippen molar-refractivity contribution in [1.82, 2.24) is 25.1 Å². The summed E-state index contributed by atoms with van der Waals surface area (Å²) in [5.74, 6) is -0.995. The van der Waals surface area contributed by atoms with Crippen LogP contribution in [0.5, 0.6) is 0 Å². The number of anilines is 4. The molecular formula is C30H37F3N7O3P. The molecule has 44 heavy (non-hydrogen) atoms. The molecule has 4 N–H and O–H groups in total. The number of aryl methyl sites for hydroxylation is 1. The summed E-state index contributed by atoms with van der Waals surface area (Å²) in [4.78, 5) is 20.8. The van der Waals surface area contributed by atoms with Gasteiger partial charge in [-0.2, -0.15) is 23.3 Å². The number of halogens is 3. The molecule has 10 nitrogen and oxygen atoms in total. The number of nitrogens with zero attached hydrogens (tertiary/aromatic N) is 4. The third kappa shape index (κ3) is 9.73. The van der Waals surface area contributed by atoms with Crippen LogP contribution in [-0.2, 0) is 23.4 Å².